The second kappa shape index (κ2) is 6.46. The molecule has 6 nitrogen and oxygen atoms in total. The van der Waals surface area contributed by atoms with Crippen LogP contribution in [0, 0.1) is 0 Å². The van der Waals surface area contributed by atoms with E-state index in [1.54, 1.807) is 10.9 Å². The summed E-state index contributed by atoms with van der Waals surface area (Å²) in [5.41, 5.74) is 1.28. The Morgan fingerprint density at radius 3 is 2.57 bits per heavy atom. The van der Waals surface area contributed by atoms with Crippen LogP contribution in [0.4, 0.5) is 8.78 Å². The SMILES string of the molecule is O=c1[nH]c([C@H]2CC[C@H]2c2ccccn2)nc2c1cnn2C1CCC(F)(F)CC1. The van der Waals surface area contributed by atoms with Crippen LogP contribution < -0.4 is 5.56 Å². The molecule has 0 aromatic carbocycles. The van der Waals surface area contributed by atoms with Crippen molar-refractivity contribution in [3.63, 3.8) is 0 Å². The summed E-state index contributed by atoms with van der Waals surface area (Å²) in [6.07, 6.45) is 5.58. The van der Waals surface area contributed by atoms with Crippen LogP contribution in [0.3, 0.4) is 0 Å². The number of nitrogens with one attached hydrogen (secondary N) is 1. The van der Waals surface area contributed by atoms with E-state index in [2.05, 4.69) is 15.1 Å². The number of H-pyrrole nitrogens is 1. The van der Waals surface area contributed by atoms with Crippen molar-refractivity contribution in [3.8, 4) is 0 Å². The van der Waals surface area contributed by atoms with Gasteiger partial charge >= 0.3 is 0 Å². The summed E-state index contributed by atoms with van der Waals surface area (Å²) in [7, 11) is 0. The molecular formula is C20H21F2N5O. The third-order valence-electron chi connectivity index (χ3n) is 6.21. The molecule has 2 atom stereocenters. The van der Waals surface area contributed by atoms with Crippen molar-refractivity contribution in [1.82, 2.24) is 24.7 Å². The first-order valence-electron chi connectivity index (χ1n) is 9.78. The van der Waals surface area contributed by atoms with Gasteiger partial charge in [-0.2, -0.15) is 5.10 Å². The van der Waals surface area contributed by atoms with Gasteiger partial charge < -0.3 is 4.98 Å². The van der Waals surface area contributed by atoms with Crippen molar-refractivity contribution in [3.05, 3.63) is 52.5 Å². The smallest absolute Gasteiger partial charge is 0.262 e. The van der Waals surface area contributed by atoms with Gasteiger partial charge in [-0.3, -0.25) is 9.78 Å². The van der Waals surface area contributed by atoms with Crippen LogP contribution in [0.2, 0.25) is 0 Å². The molecule has 8 heteroatoms. The lowest BCUT2D eigenvalue weighted by atomic mass is 9.71. The lowest BCUT2D eigenvalue weighted by molar-refractivity contribution is -0.0446. The predicted octanol–water partition coefficient (Wildman–Crippen LogP) is 3.93. The first-order chi connectivity index (χ1) is 13.5. The van der Waals surface area contributed by atoms with Crippen molar-refractivity contribution in [2.45, 2.75) is 62.3 Å². The fraction of sp³-hybridized carbons (Fsp3) is 0.500. The van der Waals surface area contributed by atoms with Gasteiger partial charge in [-0.15, -0.1) is 0 Å². The zero-order valence-corrected chi connectivity index (χ0v) is 15.3. The molecule has 0 aliphatic heterocycles. The third-order valence-corrected chi connectivity index (χ3v) is 6.21. The van der Waals surface area contributed by atoms with Gasteiger partial charge in [0.2, 0.25) is 5.92 Å². The molecular weight excluding hydrogens is 364 g/mol. The number of fused-ring (bicyclic) bond motifs is 1. The molecule has 28 heavy (non-hydrogen) atoms. The van der Waals surface area contributed by atoms with Gasteiger partial charge in [-0.1, -0.05) is 6.07 Å². The minimum atomic E-state index is -2.60. The summed E-state index contributed by atoms with van der Waals surface area (Å²) in [5.74, 6) is -1.63. The molecule has 2 aliphatic rings. The number of aromatic amines is 1. The van der Waals surface area contributed by atoms with Gasteiger partial charge in [0.05, 0.1) is 12.2 Å². The van der Waals surface area contributed by atoms with Crippen LogP contribution in [-0.4, -0.2) is 30.7 Å². The van der Waals surface area contributed by atoms with Crippen molar-refractivity contribution < 1.29 is 8.78 Å². The highest BCUT2D eigenvalue weighted by Gasteiger charge is 2.38. The van der Waals surface area contributed by atoms with Gasteiger partial charge in [0.25, 0.3) is 5.56 Å². The number of alkyl halides is 2. The standard InChI is InChI=1S/C20H21F2N5O/c21-20(22)8-6-12(7-9-20)27-18-15(11-24-27)19(28)26-17(25-18)14-5-4-13(14)16-3-1-2-10-23-16/h1-3,10-14H,4-9H2,(H,25,26,28)/t13-,14+/m1/s1. The zero-order valence-electron chi connectivity index (χ0n) is 15.3. The molecule has 0 saturated heterocycles. The van der Waals surface area contributed by atoms with Crippen LogP contribution in [0.15, 0.2) is 35.4 Å². The number of hydrogen-bond donors (Lipinski definition) is 1. The first-order valence-corrected chi connectivity index (χ1v) is 9.78. The average Bonchev–Trinajstić information content (AvgIpc) is 3.06. The van der Waals surface area contributed by atoms with Crippen molar-refractivity contribution in [2.24, 2.45) is 0 Å². The summed E-state index contributed by atoms with van der Waals surface area (Å²) < 4.78 is 28.7. The quantitative estimate of drug-likeness (QED) is 0.741. The van der Waals surface area contributed by atoms with E-state index in [1.807, 2.05) is 18.2 Å². The highest BCUT2D eigenvalue weighted by atomic mass is 19.3. The van der Waals surface area contributed by atoms with E-state index in [1.165, 1.54) is 6.20 Å². The third kappa shape index (κ3) is 2.91. The Bertz CT molecular complexity index is 1050. The van der Waals surface area contributed by atoms with Crippen molar-refractivity contribution >= 4 is 11.0 Å². The number of halogens is 2. The highest BCUT2D eigenvalue weighted by molar-refractivity contribution is 5.73. The molecule has 3 aromatic heterocycles. The van der Waals surface area contributed by atoms with E-state index in [0.29, 0.717) is 29.7 Å². The highest BCUT2D eigenvalue weighted by Crippen LogP contribution is 2.47. The second-order valence-electron chi connectivity index (χ2n) is 7.91. The number of hydrogen-bond acceptors (Lipinski definition) is 4. The van der Waals surface area contributed by atoms with Crippen LogP contribution in [-0.2, 0) is 0 Å². The molecule has 0 unspecified atom stereocenters. The lowest BCUT2D eigenvalue weighted by Crippen LogP contribution is -2.28. The Labute approximate surface area is 160 Å². The molecule has 0 amide bonds. The van der Waals surface area contributed by atoms with E-state index in [9.17, 15) is 13.6 Å². The van der Waals surface area contributed by atoms with Gasteiger partial charge in [-0.25, -0.2) is 18.4 Å². The molecule has 0 bridgehead atoms. The molecule has 5 rings (SSSR count). The zero-order chi connectivity index (χ0) is 19.3. The van der Waals surface area contributed by atoms with Crippen LogP contribution in [0.25, 0.3) is 11.0 Å². The summed E-state index contributed by atoms with van der Waals surface area (Å²) >= 11 is 0. The maximum atomic E-state index is 13.5. The van der Waals surface area contributed by atoms with Crippen LogP contribution in [0.5, 0.6) is 0 Å². The van der Waals surface area contributed by atoms with Gasteiger partial charge in [-0.05, 0) is 37.8 Å². The van der Waals surface area contributed by atoms with Crippen molar-refractivity contribution in [1.29, 1.82) is 0 Å². The fourth-order valence-electron chi connectivity index (χ4n) is 4.44. The summed E-state index contributed by atoms with van der Waals surface area (Å²) in [6, 6.07) is 5.70. The van der Waals surface area contributed by atoms with Gasteiger partial charge in [0.1, 0.15) is 11.2 Å². The summed E-state index contributed by atoms with van der Waals surface area (Å²) in [5, 5.41) is 4.74. The van der Waals surface area contributed by atoms with Crippen LogP contribution in [0.1, 0.15) is 67.9 Å². The molecule has 146 valence electrons. The summed E-state index contributed by atoms with van der Waals surface area (Å²) in [4.78, 5) is 24.7. The second-order valence-corrected chi connectivity index (χ2v) is 7.91. The van der Waals surface area contributed by atoms with E-state index in [-0.39, 0.29) is 36.3 Å². The number of aromatic nitrogens is 5. The normalized spacial score (nSPS) is 24.9. The Kier molecular flexibility index (Phi) is 4.03. The minimum Gasteiger partial charge on any atom is -0.310 e. The number of nitrogens with zero attached hydrogens (tertiary/aromatic N) is 4. The maximum absolute atomic E-state index is 13.5. The largest absolute Gasteiger partial charge is 0.310 e. The molecule has 3 heterocycles. The molecule has 0 radical (unpaired) electrons. The molecule has 2 saturated carbocycles. The van der Waals surface area contributed by atoms with Crippen LogP contribution >= 0.6 is 0 Å². The van der Waals surface area contributed by atoms with Gasteiger partial charge in [0, 0.05) is 36.6 Å². The first kappa shape index (κ1) is 17.5. The molecule has 3 aromatic rings. The maximum Gasteiger partial charge on any atom is 0.262 e. The predicted molar refractivity (Wildman–Crippen MR) is 99.6 cm³/mol. The molecule has 1 N–H and O–H groups in total. The van der Waals surface area contributed by atoms with E-state index in [0.717, 1.165) is 18.5 Å². The van der Waals surface area contributed by atoms with E-state index in [4.69, 9.17) is 4.98 Å². The molecule has 0 spiro atoms. The molecule has 2 aliphatic carbocycles. The number of rotatable bonds is 3. The van der Waals surface area contributed by atoms with E-state index >= 15 is 0 Å². The molecule has 2 fully saturated rings. The average molecular weight is 385 g/mol. The van der Waals surface area contributed by atoms with Crippen molar-refractivity contribution in [2.75, 3.05) is 0 Å². The fourth-order valence-corrected chi connectivity index (χ4v) is 4.44. The Balaban J connectivity index is 1.49. The number of pyridine rings is 1. The Morgan fingerprint density at radius 2 is 1.89 bits per heavy atom. The lowest BCUT2D eigenvalue weighted by Gasteiger charge is -2.35. The summed E-state index contributed by atoms with van der Waals surface area (Å²) in [6.45, 7) is 0. The monoisotopic (exact) mass is 385 g/mol. The minimum absolute atomic E-state index is 0.103. The van der Waals surface area contributed by atoms with E-state index < -0.39 is 5.92 Å². The topological polar surface area (TPSA) is 76.5 Å². The van der Waals surface area contributed by atoms with Gasteiger partial charge in [0.15, 0.2) is 5.65 Å². The Morgan fingerprint density at radius 1 is 1.11 bits per heavy atom. The Hall–Kier alpha value is -2.64.